The van der Waals surface area contributed by atoms with Crippen LogP contribution in [-0.4, -0.2) is 17.7 Å². The highest BCUT2D eigenvalue weighted by Gasteiger charge is 2.12. The third-order valence-corrected chi connectivity index (χ3v) is 3.63. The lowest BCUT2D eigenvalue weighted by molar-refractivity contribution is 0.361. The van der Waals surface area contributed by atoms with Crippen LogP contribution >= 0.6 is 0 Å². The van der Waals surface area contributed by atoms with Gasteiger partial charge in [0.25, 0.3) is 0 Å². The molecule has 1 aromatic carbocycles. The molecule has 0 bridgehead atoms. The Labute approximate surface area is 127 Å². The Bertz CT molecular complexity index is 560. The molecule has 0 fully saturated rings. The molecular formula is C18H26N2O. The van der Waals surface area contributed by atoms with Gasteiger partial charge in [0.2, 0.25) is 0 Å². The monoisotopic (exact) mass is 286 g/mol. The molecule has 1 unspecified atom stereocenters. The van der Waals surface area contributed by atoms with Crippen LogP contribution in [0.1, 0.15) is 49.3 Å². The van der Waals surface area contributed by atoms with Crippen molar-refractivity contribution < 1.29 is 4.52 Å². The van der Waals surface area contributed by atoms with Crippen LogP contribution in [0.5, 0.6) is 0 Å². The zero-order valence-electron chi connectivity index (χ0n) is 13.5. The van der Waals surface area contributed by atoms with E-state index in [0.717, 1.165) is 30.8 Å². The molecule has 0 spiro atoms. The Morgan fingerprint density at radius 1 is 1.14 bits per heavy atom. The lowest BCUT2D eigenvalue weighted by Crippen LogP contribution is -2.24. The molecule has 2 aromatic rings. The fourth-order valence-corrected chi connectivity index (χ4v) is 2.49. The van der Waals surface area contributed by atoms with E-state index in [2.05, 4.69) is 55.5 Å². The second-order valence-electron chi connectivity index (χ2n) is 6.15. The van der Waals surface area contributed by atoms with Crippen LogP contribution in [0.15, 0.2) is 34.9 Å². The maximum Gasteiger partial charge on any atom is 0.140 e. The van der Waals surface area contributed by atoms with Gasteiger partial charge in [-0.25, -0.2) is 0 Å². The summed E-state index contributed by atoms with van der Waals surface area (Å²) in [6.07, 6.45) is 2.06. The smallest absolute Gasteiger partial charge is 0.140 e. The van der Waals surface area contributed by atoms with Gasteiger partial charge < -0.3 is 9.84 Å². The van der Waals surface area contributed by atoms with Crippen LogP contribution in [0, 0.1) is 6.92 Å². The quantitative estimate of drug-likeness (QED) is 0.839. The minimum atomic E-state index is 0.357. The SMILES string of the molecule is Cc1cc(C(C)Cc2cccc(CCNC(C)C)c2)on1. The first-order chi connectivity index (χ1) is 10.0. The van der Waals surface area contributed by atoms with E-state index in [1.165, 1.54) is 11.1 Å². The maximum atomic E-state index is 5.36. The number of nitrogens with one attached hydrogen (secondary N) is 1. The molecule has 1 N–H and O–H groups in total. The first-order valence-electron chi connectivity index (χ1n) is 7.79. The molecule has 0 amide bonds. The van der Waals surface area contributed by atoms with Gasteiger partial charge in [-0.05, 0) is 37.4 Å². The van der Waals surface area contributed by atoms with Crippen LogP contribution in [0.3, 0.4) is 0 Å². The fraction of sp³-hybridized carbons (Fsp3) is 0.500. The predicted molar refractivity (Wildman–Crippen MR) is 86.6 cm³/mol. The van der Waals surface area contributed by atoms with Crippen molar-refractivity contribution in [3.05, 3.63) is 52.9 Å². The topological polar surface area (TPSA) is 38.1 Å². The third-order valence-electron chi connectivity index (χ3n) is 3.63. The summed E-state index contributed by atoms with van der Waals surface area (Å²) in [6.45, 7) is 9.53. The summed E-state index contributed by atoms with van der Waals surface area (Å²) in [5, 5.41) is 7.43. The van der Waals surface area contributed by atoms with Crippen molar-refractivity contribution in [3.8, 4) is 0 Å². The number of nitrogens with zero attached hydrogens (tertiary/aromatic N) is 1. The molecule has 114 valence electrons. The van der Waals surface area contributed by atoms with Gasteiger partial charge in [-0.15, -0.1) is 0 Å². The minimum absolute atomic E-state index is 0.357. The van der Waals surface area contributed by atoms with Crippen LogP contribution in [0.25, 0.3) is 0 Å². The Hall–Kier alpha value is -1.61. The summed E-state index contributed by atoms with van der Waals surface area (Å²) in [5.41, 5.74) is 3.70. The molecule has 0 saturated heterocycles. The molecule has 0 aliphatic carbocycles. The number of hydrogen-bond acceptors (Lipinski definition) is 3. The summed E-state index contributed by atoms with van der Waals surface area (Å²) in [6, 6.07) is 11.4. The van der Waals surface area contributed by atoms with Crippen molar-refractivity contribution >= 4 is 0 Å². The Morgan fingerprint density at radius 2 is 1.90 bits per heavy atom. The van der Waals surface area contributed by atoms with Crippen molar-refractivity contribution in [2.75, 3.05) is 6.54 Å². The van der Waals surface area contributed by atoms with Gasteiger partial charge in [0, 0.05) is 18.0 Å². The van der Waals surface area contributed by atoms with E-state index in [1.807, 2.05) is 13.0 Å². The summed E-state index contributed by atoms with van der Waals surface area (Å²) >= 11 is 0. The second-order valence-corrected chi connectivity index (χ2v) is 6.15. The van der Waals surface area contributed by atoms with Crippen molar-refractivity contribution in [3.63, 3.8) is 0 Å². The van der Waals surface area contributed by atoms with E-state index < -0.39 is 0 Å². The molecule has 0 aliphatic rings. The molecule has 2 rings (SSSR count). The summed E-state index contributed by atoms with van der Waals surface area (Å²) in [7, 11) is 0. The Morgan fingerprint density at radius 3 is 2.57 bits per heavy atom. The molecular weight excluding hydrogens is 260 g/mol. The number of hydrogen-bond donors (Lipinski definition) is 1. The molecule has 1 aromatic heterocycles. The van der Waals surface area contributed by atoms with Crippen molar-refractivity contribution in [1.82, 2.24) is 10.5 Å². The van der Waals surface area contributed by atoms with Gasteiger partial charge in [-0.2, -0.15) is 0 Å². The molecule has 0 radical (unpaired) electrons. The second kappa shape index (κ2) is 7.41. The highest BCUT2D eigenvalue weighted by Crippen LogP contribution is 2.21. The molecule has 1 heterocycles. The van der Waals surface area contributed by atoms with Gasteiger partial charge in [0.15, 0.2) is 0 Å². The van der Waals surface area contributed by atoms with Crippen LogP contribution in [0.4, 0.5) is 0 Å². The highest BCUT2D eigenvalue weighted by atomic mass is 16.5. The van der Waals surface area contributed by atoms with Gasteiger partial charge in [0.1, 0.15) is 5.76 Å². The first kappa shape index (κ1) is 15.8. The highest BCUT2D eigenvalue weighted by molar-refractivity contribution is 5.25. The minimum Gasteiger partial charge on any atom is -0.361 e. The van der Waals surface area contributed by atoms with Crippen LogP contribution in [0.2, 0.25) is 0 Å². The standard InChI is InChI=1S/C18H26N2O/c1-13(2)19-9-8-16-6-5-7-17(12-16)10-14(3)18-11-15(4)20-21-18/h5-7,11-14,19H,8-10H2,1-4H3. The summed E-state index contributed by atoms with van der Waals surface area (Å²) in [5.74, 6) is 1.33. The molecule has 3 heteroatoms. The number of aromatic nitrogens is 1. The number of aryl methyl sites for hydroxylation is 1. The average Bonchev–Trinajstić information content (AvgIpc) is 2.85. The van der Waals surface area contributed by atoms with E-state index in [9.17, 15) is 0 Å². The van der Waals surface area contributed by atoms with Gasteiger partial charge >= 0.3 is 0 Å². The van der Waals surface area contributed by atoms with E-state index in [1.54, 1.807) is 0 Å². The molecule has 21 heavy (non-hydrogen) atoms. The maximum absolute atomic E-state index is 5.36. The zero-order chi connectivity index (χ0) is 15.2. The lowest BCUT2D eigenvalue weighted by Gasteiger charge is -2.11. The van der Waals surface area contributed by atoms with E-state index in [4.69, 9.17) is 4.52 Å². The lowest BCUT2D eigenvalue weighted by atomic mass is 9.97. The molecule has 3 nitrogen and oxygen atoms in total. The number of rotatable bonds is 7. The third kappa shape index (κ3) is 5.01. The van der Waals surface area contributed by atoms with Gasteiger partial charge in [0.05, 0.1) is 5.69 Å². The van der Waals surface area contributed by atoms with Gasteiger partial charge in [-0.1, -0.05) is 50.2 Å². The first-order valence-corrected chi connectivity index (χ1v) is 7.79. The largest absolute Gasteiger partial charge is 0.361 e. The van der Waals surface area contributed by atoms with E-state index in [0.29, 0.717) is 12.0 Å². The van der Waals surface area contributed by atoms with Crippen molar-refractivity contribution in [1.29, 1.82) is 0 Å². The zero-order valence-corrected chi connectivity index (χ0v) is 13.5. The van der Waals surface area contributed by atoms with Gasteiger partial charge in [-0.3, -0.25) is 0 Å². The Balaban J connectivity index is 1.94. The average molecular weight is 286 g/mol. The van der Waals surface area contributed by atoms with E-state index >= 15 is 0 Å². The van der Waals surface area contributed by atoms with Crippen molar-refractivity contribution in [2.24, 2.45) is 0 Å². The van der Waals surface area contributed by atoms with Crippen LogP contribution in [-0.2, 0) is 12.8 Å². The fourth-order valence-electron chi connectivity index (χ4n) is 2.49. The summed E-state index contributed by atoms with van der Waals surface area (Å²) < 4.78 is 5.36. The molecule has 0 saturated carbocycles. The number of benzene rings is 1. The molecule has 1 atom stereocenters. The van der Waals surface area contributed by atoms with Crippen molar-refractivity contribution in [2.45, 2.75) is 52.5 Å². The Kier molecular flexibility index (Phi) is 5.57. The molecule has 0 aliphatic heterocycles. The van der Waals surface area contributed by atoms with E-state index in [-0.39, 0.29) is 0 Å². The van der Waals surface area contributed by atoms with Crippen LogP contribution < -0.4 is 5.32 Å². The normalized spacial score (nSPS) is 12.8. The summed E-state index contributed by atoms with van der Waals surface area (Å²) in [4.78, 5) is 0. The predicted octanol–water partition coefficient (Wildman–Crippen LogP) is 3.87.